The lowest BCUT2D eigenvalue weighted by atomic mass is 10.3. The maximum Gasteiger partial charge on any atom is 0.319 e. The van der Waals surface area contributed by atoms with E-state index in [1.54, 1.807) is 30.9 Å². The smallest absolute Gasteiger partial charge is 0.319 e. The van der Waals surface area contributed by atoms with E-state index in [9.17, 15) is 4.79 Å². The summed E-state index contributed by atoms with van der Waals surface area (Å²) in [7, 11) is 0. The predicted molar refractivity (Wildman–Crippen MR) is 123 cm³/mol. The van der Waals surface area contributed by atoms with E-state index in [4.69, 9.17) is 11.6 Å². The Bertz CT molecular complexity index is 953. The molecule has 2 amide bonds. The molecule has 9 nitrogen and oxygen atoms in total. The maximum absolute atomic E-state index is 11.9. The first-order valence-corrected chi connectivity index (χ1v) is 10.7. The van der Waals surface area contributed by atoms with Crippen LogP contribution in [0.15, 0.2) is 47.5 Å². The van der Waals surface area contributed by atoms with Crippen LogP contribution in [-0.4, -0.2) is 44.9 Å². The normalized spacial score (nSPS) is 10.5. The molecule has 0 saturated carbocycles. The second-order valence-electron chi connectivity index (χ2n) is 6.27. The zero-order chi connectivity index (χ0) is 21.2. The van der Waals surface area contributed by atoms with Crippen LogP contribution in [0.2, 0.25) is 0 Å². The van der Waals surface area contributed by atoms with Crippen molar-refractivity contribution in [1.82, 2.24) is 25.3 Å². The van der Waals surface area contributed by atoms with E-state index in [1.165, 1.54) is 0 Å². The van der Waals surface area contributed by atoms with Crippen molar-refractivity contribution < 1.29 is 4.79 Å². The molecule has 2 aromatic heterocycles. The SMILES string of the molecule is O=C(NCCCCl)Nc1cccc(Nc2ncc(Br)c(NCCc3cnc[nH]3)n2)c1. The first-order chi connectivity index (χ1) is 14.6. The van der Waals surface area contributed by atoms with Crippen LogP contribution in [-0.2, 0) is 6.42 Å². The quantitative estimate of drug-likeness (QED) is 0.214. The Morgan fingerprint density at radius 1 is 1.20 bits per heavy atom. The van der Waals surface area contributed by atoms with Gasteiger partial charge in [0, 0.05) is 54.9 Å². The van der Waals surface area contributed by atoms with Crippen molar-refractivity contribution in [2.24, 2.45) is 0 Å². The molecule has 0 radical (unpaired) electrons. The number of hydrogen-bond acceptors (Lipinski definition) is 6. The summed E-state index contributed by atoms with van der Waals surface area (Å²) in [6.07, 6.45) is 6.64. The topological polar surface area (TPSA) is 120 Å². The van der Waals surface area contributed by atoms with E-state index < -0.39 is 0 Å². The van der Waals surface area contributed by atoms with Crippen LogP contribution >= 0.6 is 27.5 Å². The minimum absolute atomic E-state index is 0.277. The van der Waals surface area contributed by atoms with Crippen LogP contribution in [0.25, 0.3) is 0 Å². The van der Waals surface area contributed by atoms with E-state index in [0.29, 0.717) is 36.4 Å². The molecular formula is C19H22BrClN8O. The van der Waals surface area contributed by atoms with Gasteiger partial charge in [0.1, 0.15) is 5.82 Å². The van der Waals surface area contributed by atoms with Gasteiger partial charge in [-0.2, -0.15) is 4.98 Å². The summed E-state index contributed by atoms with van der Waals surface area (Å²) < 4.78 is 0.765. The number of H-pyrrole nitrogens is 1. The van der Waals surface area contributed by atoms with Crippen molar-refractivity contribution in [2.45, 2.75) is 12.8 Å². The highest BCUT2D eigenvalue weighted by atomic mass is 79.9. The number of rotatable bonds is 10. The fraction of sp³-hybridized carbons (Fsp3) is 0.263. The number of nitrogens with one attached hydrogen (secondary N) is 5. The molecule has 158 valence electrons. The number of aromatic amines is 1. The van der Waals surface area contributed by atoms with E-state index in [0.717, 1.165) is 28.7 Å². The molecule has 30 heavy (non-hydrogen) atoms. The molecule has 0 saturated heterocycles. The minimum atomic E-state index is -0.277. The number of imidazole rings is 1. The molecule has 3 rings (SSSR count). The van der Waals surface area contributed by atoms with E-state index in [-0.39, 0.29) is 6.03 Å². The molecule has 3 aromatic rings. The number of anilines is 4. The highest BCUT2D eigenvalue weighted by molar-refractivity contribution is 9.10. The zero-order valence-corrected chi connectivity index (χ0v) is 18.4. The van der Waals surface area contributed by atoms with Crippen molar-refractivity contribution in [1.29, 1.82) is 0 Å². The Kier molecular flexibility index (Phi) is 8.28. The first kappa shape index (κ1) is 21.8. The highest BCUT2D eigenvalue weighted by Gasteiger charge is 2.07. The average molecular weight is 494 g/mol. The number of carbonyl (C=O) groups is 1. The fourth-order valence-electron chi connectivity index (χ4n) is 2.54. The van der Waals surface area contributed by atoms with Crippen molar-refractivity contribution in [3.05, 3.63) is 53.2 Å². The summed E-state index contributed by atoms with van der Waals surface area (Å²) in [4.78, 5) is 27.8. The van der Waals surface area contributed by atoms with Gasteiger partial charge < -0.3 is 26.3 Å². The Hall–Kier alpha value is -2.85. The van der Waals surface area contributed by atoms with Gasteiger partial charge in [-0.15, -0.1) is 11.6 Å². The molecule has 0 fully saturated rings. The summed E-state index contributed by atoms with van der Waals surface area (Å²) in [6, 6.07) is 7.03. The van der Waals surface area contributed by atoms with Gasteiger partial charge in [-0.05, 0) is 40.5 Å². The van der Waals surface area contributed by atoms with Gasteiger partial charge in [0.2, 0.25) is 5.95 Å². The average Bonchev–Trinajstić information content (AvgIpc) is 3.24. The molecule has 0 aliphatic carbocycles. The number of benzene rings is 1. The van der Waals surface area contributed by atoms with Crippen molar-refractivity contribution in [2.75, 3.05) is 34.9 Å². The number of hydrogen-bond donors (Lipinski definition) is 5. The van der Waals surface area contributed by atoms with Crippen molar-refractivity contribution >= 4 is 56.7 Å². The van der Waals surface area contributed by atoms with Crippen LogP contribution in [0.1, 0.15) is 12.1 Å². The number of alkyl halides is 1. The van der Waals surface area contributed by atoms with Gasteiger partial charge in [-0.25, -0.2) is 14.8 Å². The zero-order valence-electron chi connectivity index (χ0n) is 16.1. The number of halogens is 2. The summed E-state index contributed by atoms with van der Waals surface area (Å²) in [6.45, 7) is 1.21. The number of carbonyl (C=O) groups excluding carboxylic acids is 1. The van der Waals surface area contributed by atoms with Gasteiger partial charge >= 0.3 is 6.03 Å². The maximum atomic E-state index is 11.9. The van der Waals surface area contributed by atoms with E-state index >= 15 is 0 Å². The lowest BCUT2D eigenvalue weighted by molar-refractivity contribution is 0.252. The lowest BCUT2D eigenvalue weighted by Crippen LogP contribution is -2.29. The van der Waals surface area contributed by atoms with Crippen LogP contribution in [0.5, 0.6) is 0 Å². The molecule has 0 spiro atoms. The summed E-state index contributed by atoms with van der Waals surface area (Å²) in [5.74, 6) is 1.62. The Morgan fingerprint density at radius 3 is 2.87 bits per heavy atom. The Morgan fingerprint density at radius 2 is 2.07 bits per heavy atom. The van der Waals surface area contributed by atoms with Crippen molar-refractivity contribution in [3.8, 4) is 0 Å². The van der Waals surface area contributed by atoms with Crippen LogP contribution < -0.4 is 21.3 Å². The standard InChI is InChI=1S/C19H22BrClN8O/c20-16-11-25-18(29-17(16)23-8-5-15-10-22-12-26-15)27-13-3-1-4-14(9-13)28-19(30)24-7-2-6-21/h1,3-4,9-12H,2,5-8H2,(H,22,26)(H2,24,28,30)(H2,23,25,27,29). The molecule has 0 bridgehead atoms. The molecular weight excluding hydrogens is 472 g/mol. The largest absolute Gasteiger partial charge is 0.369 e. The van der Waals surface area contributed by atoms with Crippen LogP contribution in [0.4, 0.5) is 27.9 Å². The molecule has 1 aromatic carbocycles. The second kappa shape index (κ2) is 11.4. The predicted octanol–water partition coefficient (Wildman–Crippen LogP) is 4.11. The van der Waals surface area contributed by atoms with Crippen LogP contribution in [0.3, 0.4) is 0 Å². The van der Waals surface area contributed by atoms with E-state index in [1.807, 2.05) is 12.1 Å². The fourth-order valence-corrected chi connectivity index (χ4v) is 3.00. The molecule has 0 atom stereocenters. The number of nitrogens with zero attached hydrogens (tertiary/aromatic N) is 3. The molecule has 5 N–H and O–H groups in total. The van der Waals surface area contributed by atoms with Crippen LogP contribution in [0, 0.1) is 0 Å². The van der Waals surface area contributed by atoms with Gasteiger partial charge in [0.05, 0.1) is 10.8 Å². The molecule has 0 aliphatic rings. The molecule has 11 heteroatoms. The third-order valence-corrected chi connectivity index (χ3v) is 4.81. The van der Waals surface area contributed by atoms with Gasteiger partial charge in [-0.1, -0.05) is 6.07 Å². The number of urea groups is 1. The Balaban J connectivity index is 1.58. The van der Waals surface area contributed by atoms with Crippen molar-refractivity contribution in [3.63, 3.8) is 0 Å². The first-order valence-electron chi connectivity index (χ1n) is 9.35. The molecule has 2 heterocycles. The van der Waals surface area contributed by atoms with Gasteiger partial charge in [0.15, 0.2) is 0 Å². The number of amides is 2. The highest BCUT2D eigenvalue weighted by Crippen LogP contribution is 2.23. The van der Waals surface area contributed by atoms with Gasteiger partial charge in [-0.3, -0.25) is 0 Å². The third kappa shape index (κ3) is 6.89. The monoisotopic (exact) mass is 492 g/mol. The Labute approximate surface area is 187 Å². The molecule has 0 aliphatic heterocycles. The summed E-state index contributed by atoms with van der Waals surface area (Å²) in [5.41, 5.74) is 2.44. The third-order valence-electron chi connectivity index (χ3n) is 3.96. The second-order valence-corrected chi connectivity index (χ2v) is 7.51. The summed E-state index contributed by atoms with van der Waals surface area (Å²) >= 11 is 9.07. The van der Waals surface area contributed by atoms with Gasteiger partial charge in [0.25, 0.3) is 0 Å². The number of aromatic nitrogens is 4. The minimum Gasteiger partial charge on any atom is -0.369 e. The molecule has 0 unspecified atom stereocenters. The van der Waals surface area contributed by atoms with E-state index in [2.05, 4.69) is 57.1 Å². The lowest BCUT2D eigenvalue weighted by Gasteiger charge is -2.11. The summed E-state index contributed by atoms with van der Waals surface area (Å²) in [5, 5.41) is 12.0.